The van der Waals surface area contributed by atoms with Gasteiger partial charge in [-0.3, -0.25) is 9.48 Å². The van der Waals surface area contributed by atoms with E-state index in [1.165, 1.54) is 12.8 Å². The molecule has 6 nitrogen and oxygen atoms in total. The highest BCUT2D eigenvalue weighted by molar-refractivity contribution is 5.76. The second-order valence-corrected chi connectivity index (χ2v) is 5.96. The minimum Gasteiger partial charge on any atom is -0.340 e. The zero-order valence-corrected chi connectivity index (χ0v) is 12.6. The van der Waals surface area contributed by atoms with Crippen molar-refractivity contribution in [1.29, 1.82) is 0 Å². The molecule has 0 bridgehead atoms. The van der Waals surface area contributed by atoms with Crippen molar-refractivity contribution in [1.82, 2.24) is 24.9 Å². The van der Waals surface area contributed by atoms with Gasteiger partial charge in [0, 0.05) is 58.1 Å². The fourth-order valence-corrected chi connectivity index (χ4v) is 3.27. The second kappa shape index (κ2) is 7.04. The number of rotatable bonds is 4. The van der Waals surface area contributed by atoms with Crippen LogP contribution in [0.4, 0.5) is 0 Å². The first-order valence-electron chi connectivity index (χ1n) is 8.03. The summed E-state index contributed by atoms with van der Waals surface area (Å²) >= 11 is 0. The Morgan fingerprint density at radius 1 is 1.29 bits per heavy atom. The molecule has 1 aromatic rings. The van der Waals surface area contributed by atoms with Crippen LogP contribution in [0.1, 0.15) is 25.3 Å². The summed E-state index contributed by atoms with van der Waals surface area (Å²) in [6.45, 7) is 6.56. The Bertz CT molecular complexity index is 441. The Balaban J connectivity index is 1.45. The Kier molecular flexibility index (Phi) is 4.87. The molecule has 2 saturated heterocycles. The Morgan fingerprint density at radius 3 is 2.90 bits per heavy atom. The molecule has 1 N–H and O–H groups in total. The maximum absolute atomic E-state index is 12.2. The number of nitrogens with one attached hydrogen (secondary N) is 1. The number of aromatic nitrogens is 2. The van der Waals surface area contributed by atoms with Gasteiger partial charge in [0.15, 0.2) is 0 Å². The van der Waals surface area contributed by atoms with Gasteiger partial charge in [-0.2, -0.15) is 5.10 Å². The van der Waals surface area contributed by atoms with E-state index in [0.717, 1.165) is 45.8 Å². The lowest BCUT2D eigenvalue weighted by molar-refractivity contribution is -0.132. The summed E-state index contributed by atoms with van der Waals surface area (Å²) in [4.78, 5) is 16.6. The molecule has 0 aliphatic carbocycles. The third kappa shape index (κ3) is 3.83. The van der Waals surface area contributed by atoms with Crippen molar-refractivity contribution in [3.63, 3.8) is 0 Å². The molecule has 0 radical (unpaired) electrons. The molecule has 116 valence electrons. The second-order valence-electron chi connectivity index (χ2n) is 5.96. The van der Waals surface area contributed by atoms with Crippen LogP contribution >= 0.6 is 0 Å². The number of carbonyl (C=O) groups excluding carboxylic acids is 1. The largest absolute Gasteiger partial charge is 0.340 e. The van der Waals surface area contributed by atoms with Crippen LogP contribution in [0, 0.1) is 0 Å². The first-order valence-corrected chi connectivity index (χ1v) is 8.03. The van der Waals surface area contributed by atoms with Crippen molar-refractivity contribution in [3.8, 4) is 0 Å². The molecule has 3 rings (SSSR count). The first kappa shape index (κ1) is 14.5. The number of hydrogen-bond donors (Lipinski definition) is 1. The van der Waals surface area contributed by atoms with Crippen LogP contribution in [0.25, 0.3) is 0 Å². The summed E-state index contributed by atoms with van der Waals surface area (Å²) in [5.41, 5.74) is 0. The summed E-state index contributed by atoms with van der Waals surface area (Å²) in [6.07, 6.45) is 6.90. The van der Waals surface area contributed by atoms with Crippen molar-refractivity contribution < 1.29 is 4.79 Å². The lowest BCUT2D eigenvalue weighted by atomic mass is 10.1. The lowest BCUT2D eigenvalue weighted by Crippen LogP contribution is -2.47. The van der Waals surface area contributed by atoms with Crippen LogP contribution in [0.5, 0.6) is 0 Å². The first-order chi connectivity index (χ1) is 10.3. The predicted molar refractivity (Wildman–Crippen MR) is 81.0 cm³/mol. The van der Waals surface area contributed by atoms with Gasteiger partial charge in [-0.25, -0.2) is 0 Å². The smallest absolute Gasteiger partial charge is 0.223 e. The highest BCUT2D eigenvalue weighted by Gasteiger charge is 2.23. The van der Waals surface area contributed by atoms with Crippen molar-refractivity contribution in [2.45, 2.75) is 25.3 Å². The zero-order chi connectivity index (χ0) is 14.5. The van der Waals surface area contributed by atoms with Crippen LogP contribution in [0.15, 0.2) is 18.5 Å². The van der Waals surface area contributed by atoms with E-state index in [2.05, 4.69) is 20.0 Å². The predicted octanol–water partition coefficient (Wildman–Crippen LogP) is 0.342. The number of piperazine rings is 1. The van der Waals surface area contributed by atoms with Crippen LogP contribution in [-0.4, -0.2) is 71.3 Å². The third-order valence-corrected chi connectivity index (χ3v) is 4.49. The van der Waals surface area contributed by atoms with Gasteiger partial charge in [0.25, 0.3) is 0 Å². The molecule has 1 atom stereocenters. The summed E-state index contributed by atoms with van der Waals surface area (Å²) < 4.78 is 2.06. The normalized spacial score (nSPS) is 24.2. The molecule has 2 aliphatic heterocycles. The Morgan fingerprint density at radius 2 is 2.14 bits per heavy atom. The minimum absolute atomic E-state index is 0.303. The van der Waals surface area contributed by atoms with Gasteiger partial charge in [-0.15, -0.1) is 0 Å². The summed E-state index contributed by atoms with van der Waals surface area (Å²) in [5, 5.41) is 7.63. The Hall–Kier alpha value is -1.40. The SMILES string of the molecule is O=C(CCN1CCCC(n2cccn2)C1)N1CCNCC1. The fourth-order valence-electron chi connectivity index (χ4n) is 3.27. The topological polar surface area (TPSA) is 53.4 Å². The van der Waals surface area contributed by atoms with Crippen LogP contribution < -0.4 is 5.32 Å². The summed E-state index contributed by atoms with van der Waals surface area (Å²) in [6, 6.07) is 2.44. The van der Waals surface area contributed by atoms with E-state index >= 15 is 0 Å². The van der Waals surface area contributed by atoms with Crippen molar-refractivity contribution in [2.24, 2.45) is 0 Å². The molecule has 2 aliphatic rings. The monoisotopic (exact) mass is 291 g/mol. The highest BCUT2D eigenvalue weighted by atomic mass is 16.2. The Labute approximate surface area is 126 Å². The summed E-state index contributed by atoms with van der Waals surface area (Å²) in [5.74, 6) is 0.303. The molecule has 0 aromatic carbocycles. The molecule has 1 unspecified atom stereocenters. The fraction of sp³-hybridized carbons (Fsp3) is 0.733. The molecular weight excluding hydrogens is 266 g/mol. The molecule has 0 spiro atoms. The van der Waals surface area contributed by atoms with E-state index in [0.29, 0.717) is 18.4 Å². The van der Waals surface area contributed by atoms with E-state index in [-0.39, 0.29) is 0 Å². The van der Waals surface area contributed by atoms with Gasteiger partial charge in [-0.1, -0.05) is 0 Å². The number of carbonyl (C=O) groups is 1. The minimum atomic E-state index is 0.303. The molecular formula is C15H25N5O. The molecule has 3 heterocycles. The number of amides is 1. The van der Waals surface area contributed by atoms with Gasteiger partial charge in [0.05, 0.1) is 6.04 Å². The van der Waals surface area contributed by atoms with Crippen molar-refractivity contribution in [2.75, 3.05) is 45.8 Å². The van der Waals surface area contributed by atoms with Gasteiger partial charge < -0.3 is 15.1 Å². The van der Waals surface area contributed by atoms with Crippen LogP contribution in [0.2, 0.25) is 0 Å². The zero-order valence-electron chi connectivity index (χ0n) is 12.6. The average Bonchev–Trinajstić information content (AvgIpc) is 3.08. The van der Waals surface area contributed by atoms with E-state index < -0.39 is 0 Å². The van der Waals surface area contributed by atoms with E-state index in [4.69, 9.17) is 0 Å². The van der Waals surface area contributed by atoms with Gasteiger partial charge >= 0.3 is 0 Å². The van der Waals surface area contributed by atoms with Crippen molar-refractivity contribution >= 4 is 5.91 Å². The van der Waals surface area contributed by atoms with E-state index in [1.807, 2.05) is 23.4 Å². The maximum atomic E-state index is 12.2. The van der Waals surface area contributed by atoms with Gasteiger partial charge in [0.1, 0.15) is 0 Å². The quantitative estimate of drug-likeness (QED) is 0.869. The maximum Gasteiger partial charge on any atom is 0.223 e. The molecule has 2 fully saturated rings. The third-order valence-electron chi connectivity index (χ3n) is 4.49. The van der Waals surface area contributed by atoms with Gasteiger partial charge in [-0.05, 0) is 25.5 Å². The average molecular weight is 291 g/mol. The van der Waals surface area contributed by atoms with E-state index in [1.54, 1.807) is 0 Å². The van der Waals surface area contributed by atoms with Gasteiger partial charge in [0.2, 0.25) is 5.91 Å². The summed E-state index contributed by atoms with van der Waals surface area (Å²) in [7, 11) is 0. The molecule has 1 aromatic heterocycles. The number of piperidine rings is 1. The van der Waals surface area contributed by atoms with Crippen LogP contribution in [0.3, 0.4) is 0 Å². The number of hydrogen-bond acceptors (Lipinski definition) is 4. The number of nitrogens with zero attached hydrogens (tertiary/aromatic N) is 4. The van der Waals surface area contributed by atoms with Crippen LogP contribution in [-0.2, 0) is 4.79 Å². The standard InChI is InChI=1S/C15H25N5O/c21-15(19-11-6-16-7-12-19)4-10-18-8-1-3-14(13-18)20-9-2-5-17-20/h2,5,9,14,16H,1,3-4,6-8,10-13H2. The number of likely N-dealkylation sites (tertiary alicyclic amines) is 1. The molecule has 1 amide bonds. The van der Waals surface area contributed by atoms with Crippen molar-refractivity contribution in [3.05, 3.63) is 18.5 Å². The molecule has 21 heavy (non-hydrogen) atoms. The van der Waals surface area contributed by atoms with E-state index in [9.17, 15) is 4.79 Å². The highest BCUT2D eigenvalue weighted by Crippen LogP contribution is 2.20. The lowest BCUT2D eigenvalue weighted by Gasteiger charge is -2.33. The molecule has 0 saturated carbocycles. The molecule has 6 heteroatoms.